The van der Waals surface area contributed by atoms with Gasteiger partial charge in [0.15, 0.2) is 0 Å². The Bertz CT molecular complexity index is 1010. The van der Waals surface area contributed by atoms with Crippen LogP contribution in [0.5, 0.6) is 0 Å². The molecule has 0 spiro atoms. The molecule has 5 nitrogen and oxygen atoms in total. The lowest BCUT2D eigenvalue weighted by atomic mass is 10.2. The molecule has 0 aliphatic rings. The lowest BCUT2D eigenvalue weighted by Crippen LogP contribution is -2.13. The van der Waals surface area contributed by atoms with Crippen molar-refractivity contribution >= 4 is 23.1 Å². The number of ether oxygens (including phenoxy) is 1. The number of para-hydroxylation sites is 1. The highest BCUT2D eigenvalue weighted by atomic mass is 32.1. The van der Waals surface area contributed by atoms with Gasteiger partial charge in [-0.3, -0.25) is 5.32 Å². The van der Waals surface area contributed by atoms with Crippen LogP contribution in [0, 0.1) is 0 Å². The van der Waals surface area contributed by atoms with Gasteiger partial charge in [0.25, 0.3) is 0 Å². The molecule has 1 N–H and O–H groups in total. The van der Waals surface area contributed by atoms with Gasteiger partial charge >= 0.3 is 6.09 Å². The summed E-state index contributed by atoms with van der Waals surface area (Å²) in [6, 6.07) is 23.3. The van der Waals surface area contributed by atoms with E-state index in [0.29, 0.717) is 11.4 Å². The summed E-state index contributed by atoms with van der Waals surface area (Å²) in [6.07, 6.45) is 1.29. The number of nitrogens with one attached hydrogen (secondary N) is 1. The fourth-order valence-corrected chi connectivity index (χ4v) is 3.37. The van der Waals surface area contributed by atoms with Crippen LogP contribution in [0.3, 0.4) is 0 Å². The molecule has 0 saturated heterocycles. The van der Waals surface area contributed by atoms with Crippen LogP contribution in [-0.4, -0.2) is 15.9 Å². The predicted molar refractivity (Wildman–Crippen MR) is 107 cm³/mol. The highest BCUT2D eigenvalue weighted by Gasteiger charge is 2.16. The Morgan fingerprint density at radius 1 is 1.00 bits per heavy atom. The minimum atomic E-state index is -0.510. The molecule has 134 valence electrons. The van der Waals surface area contributed by atoms with Crippen molar-refractivity contribution in [1.82, 2.24) is 9.78 Å². The largest absolute Gasteiger partial charge is 0.444 e. The van der Waals surface area contributed by atoms with Crippen LogP contribution < -0.4 is 5.32 Å². The molecule has 0 aliphatic heterocycles. The molecular formula is C21H17N3O2S. The van der Waals surface area contributed by atoms with E-state index in [1.54, 1.807) is 22.2 Å². The molecule has 4 aromatic rings. The number of nitrogens with zero attached hydrogens (tertiary/aromatic N) is 2. The Morgan fingerprint density at radius 3 is 2.44 bits per heavy atom. The number of anilines is 1. The molecular weight excluding hydrogens is 358 g/mol. The Balaban J connectivity index is 1.55. The van der Waals surface area contributed by atoms with Crippen molar-refractivity contribution in [3.05, 3.63) is 89.9 Å². The highest BCUT2D eigenvalue weighted by Crippen LogP contribution is 2.31. The molecule has 27 heavy (non-hydrogen) atoms. The SMILES string of the molecule is O=C(Nc1cn(-c2ccccc2)nc1-c1cccs1)OCc1ccccc1. The molecule has 2 aromatic carbocycles. The van der Waals surface area contributed by atoms with Gasteiger partial charge in [-0.25, -0.2) is 9.48 Å². The van der Waals surface area contributed by atoms with Gasteiger partial charge < -0.3 is 4.74 Å². The van der Waals surface area contributed by atoms with Gasteiger partial charge in [0.05, 0.1) is 22.4 Å². The number of hydrogen-bond donors (Lipinski definition) is 1. The molecule has 0 unspecified atom stereocenters. The molecule has 0 radical (unpaired) electrons. The third-order valence-corrected chi connectivity index (χ3v) is 4.82. The number of carbonyl (C=O) groups excluding carboxylic acids is 1. The van der Waals surface area contributed by atoms with Crippen molar-refractivity contribution in [3.63, 3.8) is 0 Å². The molecule has 0 aliphatic carbocycles. The lowest BCUT2D eigenvalue weighted by Gasteiger charge is -2.06. The van der Waals surface area contributed by atoms with E-state index in [0.717, 1.165) is 16.1 Å². The van der Waals surface area contributed by atoms with Crippen LogP contribution in [0.25, 0.3) is 16.3 Å². The van der Waals surface area contributed by atoms with Crippen molar-refractivity contribution < 1.29 is 9.53 Å². The topological polar surface area (TPSA) is 56.2 Å². The van der Waals surface area contributed by atoms with Crippen LogP contribution >= 0.6 is 11.3 Å². The fraction of sp³-hybridized carbons (Fsp3) is 0.0476. The first kappa shape index (κ1) is 17.1. The maximum absolute atomic E-state index is 12.3. The van der Waals surface area contributed by atoms with Gasteiger partial charge in [0, 0.05) is 0 Å². The number of carbonyl (C=O) groups is 1. The number of hydrogen-bond acceptors (Lipinski definition) is 4. The first-order valence-electron chi connectivity index (χ1n) is 8.46. The average Bonchev–Trinajstić information content (AvgIpc) is 3.38. The second-order valence-electron chi connectivity index (χ2n) is 5.84. The Morgan fingerprint density at radius 2 is 1.74 bits per heavy atom. The van der Waals surface area contributed by atoms with E-state index in [1.165, 1.54) is 0 Å². The summed E-state index contributed by atoms with van der Waals surface area (Å²) in [7, 11) is 0. The monoisotopic (exact) mass is 375 g/mol. The summed E-state index contributed by atoms with van der Waals surface area (Å²) < 4.78 is 7.09. The van der Waals surface area contributed by atoms with Gasteiger partial charge in [0.1, 0.15) is 12.3 Å². The zero-order valence-corrected chi connectivity index (χ0v) is 15.2. The number of thiophene rings is 1. The summed E-state index contributed by atoms with van der Waals surface area (Å²) in [6.45, 7) is 0.216. The summed E-state index contributed by atoms with van der Waals surface area (Å²) in [5.41, 5.74) is 3.18. The number of aromatic nitrogens is 2. The number of amides is 1. The van der Waals surface area contributed by atoms with E-state index in [4.69, 9.17) is 4.74 Å². The first-order chi connectivity index (χ1) is 13.3. The summed E-state index contributed by atoms with van der Waals surface area (Å²) in [4.78, 5) is 13.3. The molecule has 2 aromatic heterocycles. The summed E-state index contributed by atoms with van der Waals surface area (Å²) in [5, 5.41) is 9.45. The molecule has 0 saturated carbocycles. The molecule has 0 atom stereocenters. The maximum Gasteiger partial charge on any atom is 0.412 e. The van der Waals surface area contributed by atoms with Gasteiger partial charge in [0.2, 0.25) is 0 Å². The van der Waals surface area contributed by atoms with E-state index in [1.807, 2.05) is 78.2 Å². The van der Waals surface area contributed by atoms with Gasteiger partial charge in [-0.05, 0) is 29.1 Å². The maximum atomic E-state index is 12.3. The van der Waals surface area contributed by atoms with E-state index >= 15 is 0 Å². The van der Waals surface area contributed by atoms with Gasteiger partial charge in [-0.2, -0.15) is 5.10 Å². The van der Waals surface area contributed by atoms with E-state index in [-0.39, 0.29) is 6.61 Å². The van der Waals surface area contributed by atoms with E-state index in [9.17, 15) is 4.79 Å². The minimum Gasteiger partial charge on any atom is -0.444 e. The van der Waals surface area contributed by atoms with Crippen LogP contribution in [0.4, 0.5) is 10.5 Å². The van der Waals surface area contributed by atoms with Crippen molar-refractivity contribution in [2.75, 3.05) is 5.32 Å². The normalized spacial score (nSPS) is 10.5. The van der Waals surface area contributed by atoms with E-state index < -0.39 is 6.09 Å². The van der Waals surface area contributed by atoms with Crippen LogP contribution in [-0.2, 0) is 11.3 Å². The second-order valence-corrected chi connectivity index (χ2v) is 6.78. The molecule has 4 rings (SSSR count). The summed E-state index contributed by atoms with van der Waals surface area (Å²) >= 11 is 1.57. The van der Waals surface area contributed by atoms with Gasteiger partial charge in [-0.1, -0.05) is 54.6 Å². The zero-order chi connectivity index (χ0) is 18.5. The quantitative estimate of drug-likeness (QED) is 0.512. The van der Waals surface area contributed by atoms with Crippen molar-refractivity contribution in [3.8, 4) is 16.3 Å². The van der Waals surface area contributed by atoms with Crippen LogP contribution in [0.15, 0.2) is 84.4 Å². The Hall–Kier alpha value is -3.38. The fourth-order valence-electron chi connectivity index (χ4n) is 2.64. The first-order valence-corrected chi connectivity index (χ1v) is 9.34. The minimum absolute atomic E-state index is 0.216. The molecule has 1 amide bonds. The third-order valence-electron chi connectivity index (χ3n) is 3.94. The summed E-state index contributed by atoms with van der Waals surface area (Å²) in [5.74, 6) is 0. The smallest absolute Gasteiger partial charge is 0.412 e. The van der Waals surface area contributed by atoms with Crippen molar-refractivity contribution in [2.24, 2.45) is 0 Å². The molecule has 6 heteroatoms. The zero-order valence-electron chi connectivity index (χ0n) is 14.4. The average molecular weight is 375 g/mol. The Kier molecular flexibility index (Phi) is 4.98. The highest BCUT2D eigenvalue weighted by molar-refractivity contribution is 7.13. The Labute approximate surface area is 160 Å². The lowest BCUT2D eigenvalue weighted by molar-refractivity contribution is 0.155. The molecule has 0 fully saturated rings. The standard InChI is InChI=1S/C21H17N3O2S/c25-21(26-15-16-8-3-1-4-9-16)22-18-14-24(17-10-5-2-6-11-17)23-20(18)19-12-7-13-27-19/h1-14H,15H2,(H,22,25). The van der Waals surface area contributed by atoms with Crippen LogP contribution in [0.1, 0.15) is 5.56 Å². The van der Waals surface area contributed by atoms with Crippen LogP contribution in [0.2, 0.25) is 0 Å². The van der Waals surface area contributed by atoms with Crippen molar-refractivity contribution in [1.29, 1.82) is 0 Å². The number of rotatable bonds is 5. The van der Waals surface area contributed by atoms with E-state index in [2.05, 4.69) is 10.4 Å². The molecule has 0 bridgehead atoms. The second kappa shape index (κ2) is 7.88. The number of benzene rings is 2. The van der Waals surface area contributed by atoms with Crippen molar-refractivity contribution in [2.45, 2.75) is 6.61 Å². The van der Waals surface area contributed by atoms with Gasteiger partial charge in [-0.15, -0.1) is 11.3 Å². The predicted octanol–water partition coefficient (Wildman–Crippen LogP) is 5.35. The third kappa shape index (κ3) is 4.07. The molecule has 2 heterocycles.